The fraction of sp³-hybridized carbons (Fsp3) is 0.304. The van der Waals surface area contributed by atoms with Crippen LogP contribution in [0.5, 0.6) is 0 Å². The van der Waals surface area contributed by atoms with E-state index in [-0.39, 0.29) is 0 Å². The van der Waals surface area contributed by atoms with E-state index in [4.69, 9.17) is 15.9 Å². The number of H-pyrrole nitrogens is 1. The monoisotopic (exact) mass is 386 g/mol. The molecule has 3 N–H and O–H groups in total. The number of terminal acetylenes is 1. The lowest BCUT2D eigenvalue weighted by Crippen LogP contribution is -2.45. The predicted octanol–water partition coefficient (Wildman–Crippen LogP) is 3.57. The molecule has 0 saturated heterocycles. The largest absolute Gasteiger partial charge is 0.381 e. The van der Waals surface area contributed by atoms with Gasteiger partial charge in [0.2, 0.25) is 0 Å². The Labute approximate surface area is 168 Å². The molecule has 6 nitrogen and oxygen atoms in total. The quantitative estimate of drug-likeness (QED) is 0.597. The number of nitrogens with zero attached hydrogens (tertiary/aromatic N) is 2. The van der Waals surface area contributed by atoms with Crippen LogP contribution in [-0.4, -0.2) is 26.3 Å². The molecule has 1 aliphatic carbocycles. The summed E-state index contributed by atoms with van der Waals surface area (Å²) >= 11 is 0. The first-order valence-corrected chi connectivity index (χ1v) is 9.78. The van der Waals surface area contributed by atoms with E-state index in [9.17, 15) is 5.11 Å². The third kappa shape index (κ3) is 2.78. The van der Waals surface area contributed by atoms with Crippen LogP contribution in [0, 0.1) is 26.2 Å². The predicted molar refractivity (Wildman–Crippen MR) is 111 cm³/mol. The number of hydrogen-bond donors (Lipinski definition) is 3. The van der Waals surface area contributed by atoms with E-state index in [0.29, 0.717) is 17.2 Å². The van der Waals surface area contributed by atoms with Crippen LogP contribution in [-0.2, 0) is 5.60 Å². The molecule has 0 amide bonds. The van der Waals surface area contributed by atoms with Gasteiger partial charge in [-0.15, -0.1) is 6.42 Å². The first kappa shape index (κ1) is 17.8. The molecule has 3 heterocycles. The Morgan fingerprint density at radius 3 is 2.72 bits per heavy atom. The van der Waals surface area contributed by atoms with E-state index in [0.717, 1.165) is 46.5 Å². The van der Waals surface area contributed by atoms with Gasteiger partial charge in [0.25, 0.3) is 0 Å². The number of aromatic amines is 1. The fourth-order valence-electron chi connectivity index (χ4n) is 4.06. The van der Waals surface area contributed by atoms with Crippen LogP contribution in [0.3, 0.4) is 0 Å². The lowest BCUT2D eigenvalue weighted by atomic mass is 9.83. The average Bonchev–Trinajstić information content (AvgIpc) is 3.42. The number of fused-ring (bicyclic) bond motifs is 1. The second-order valence-electron chi connectivity index (χ2n) is 7.81. The van der Waals surface area contributed by atoms with Gasteiger partial charge in [-0.3, -0.25) is 0 Å². The van der Waals surface area contributed by atoms with E-state index in [1.54, 1.807) is 6.20 Å². The number of hydrogen-bond acceptors (Lipinski definition) is 5. The molecule has 6 heteroatoms. The topological polar surface area (TPSA) is 87.0 Å². The van der Waals surface area contributed by atoms with Crippen molar-refractivity contribution in [3.8, 4) is 23.5 Å². The van der Waals surface area contributed by atoms with Gasteiger partial charge in [0, 0.05) is 17.0 Å². The molecule has 1 aromatic carbocycles. The van der Waals surface area contributed by atoms with Crippen molar-refractivity contribution in [3.63, 3.8) is 0 Å². The summed E-state index contributed by atoms with van der Waals surface area (Å²) in [5, 5.41) is 18.9. The summed E-state index contributed by atoms with van der Waals surface area (Å²) in [5.74, 6) is 4.75. The standard InChI is InChI=1S/C23H22N4O2/c1-4-23(28,19-7-5-6-10-24-19)17-11-16(20-13(2)27-29-14(20)3)12-18-21(17)26-22(25-18)15-8-9-15/h1,5-7,10-12,15,19,24,28H,8-9H2,2-3H3,(H,25,26). The number of rotatable bonds is 4. The van der Waals surface area contributed by atoms with Crippen molar-refractivity contribution in [1.82, 2.24) is 20.4 Å². The molecule has 2 aliphatic rings. The summed E-state index contributed by atoms with van der Waals surface area (Å²) in [6, 6.07) is 3.47. The Morgan fingerprint density at radius 2 is 2.10 bits per heavy atom. The molecule has 2 aromatic heterocycles. The Balaban J connectivity index is 1.77. The average molecular weight is 386 g/mol. The fourth-order valence-corrected chi connectivity index (χ4v) is 4.06. The molecule has 1 fully saturated rings. The molecule has 29 heavy (non-hydrogen) atoms. The van der Waals surface area contributed by atoms with Gasteiger partial charge in [-0.25, -0.2) is 4.98 Å². The molecule has 0 radical (unpaired) electrons. The van der Waals surface area contributed by atoms with Crippen LogP contribution in [0.15, 0.2) is 41.1 Å². The number of aliphatic hydroxyl groups is 1. The van der Waals surface area contributed by atoms with Crippen LogP contribution < -0.4 is 5.32 Å². The molecule has 0 spiro atoms. The van der Waals surface area contributed by atoms with Crippen molar-refractivity contribution in [2.45, 2.75) is 44.2 Å². The highest BCUT2D eigenvalue weighted by Gasteiger charge is 2.39. The normalized spacial score (nSPS) is 20.4. The van der Waals surface area contributed by atoms with E-state index in [1.807, 2.05) is 44.2 Å². The van der Waals surface area contributed by atoms with E-state index >= 15 is 0 Å². The maximum atomic E-state index is 11.7. The minimum Gasteiger partial charge on any atom is -0.381 e. The van der Waals surface area contributed by atoms with Gasteiger partial charge in [0.05, 0.1) is 22.8 Å². The molecule has 146 valence electrons. The second-order valence-corrected chi connectivity index (χ2v) is 7.81. The smallest absolute Gasteiger partial charge is 0.176 e. The van der Waals surface area contributed by atoms with Crippen molar-refractivity contribution >= 4 is 11.0 Å². The third-order valence-corrected chi connectivity index (χ3v) is 5.77. The van der Waals surface area contributed by atoms with Crippen LogP contribution in [0.2, 0.25) is 0 Å². The Hall–Kier alpha value is -3.30. The number of nitrogens with one attached hydrogen (secondary N) is 2. The Morgan fingerprint density at radius 1 is 1.28 bits per heavy atom. The number of aryl methyl sites for hydroxylation is 2. The van der Waals surface area contributed by atoms with Crippen LogP contribution in [0.1, 0.15) is 41.6 Å². The number of aromatic nitrogens is 3. The minimum atomic E-state index is -1.57. The number of benzene rings is 1. The zero-order valence-corrected chi connectivity index (χ0v) is 16.4. The van der Waals surface area contributed by atoms with Gasteiger partial charge in [-0.1, -0.05) is 23.2 Å². The second kappa shape index (κ2) is 6.36. The van der Waals surface area contributed by atoms with E-state index in [1.165, 1.54) is 0 Å². The van der Waals surface area contributed by atoms with E-state index in [2.05, 4.69) is 21.4 Å². The number of imidazole rings is 1. The summed E-state index contributed by atoms with van der Waals surface area (Å²) < 4.78 is 5.37. The van der Waals surface area contributed by atoms with Crippen molar-refractivity contribution in [1.29, 1.82) is 0 Å². The highest BCUT2D eigenvalue weighted by atomic mass is 16.5. The van der Waals surface area contributed by atoms with Crippen molar-refractivity contribution in [2.75, 3.05) is 0 Å². The molecular weight excluding hydrogens is 364 g/mol. The maximum absolute atomic E-state index is 11.7. The summed E-state index contributed by atoms with van der Waals surface area (Å²) in [6.45, 7) is 3.78. The third-order valence-electron chi connectivity index (χ3n) is 5.77. The van der Waals surface area contributed by atoms with Gasteiger partial charge < -0.3 is 19.9 Å². The molecule has 3 aromatic rings. The minimum absolute atomic E-state index is 0.451. The molecule has 2 unspecified atom stereocenters. The first-order valence-electron chi connectivity index (χ1n) is 9.78. The van der Waals surface area contributed by atoms with Crippen LogP contribution in [0.4, 0.5) is 0 Å². The van der Waals surface area contributed by atoms with Crippen molar-refractivity contribution in [3.05, 3.63) is 59.4 Å². The Kier molecular flexibility index (Phi) is 3.90. The van der Waals surface area contributed by atoms with Crippen molar-refractivity contribution in [2.24, 2.45) is 0 Å². The summed E-state index contributed by atoms with van der Waals surface area (Å²) in [4.78, 5) is 8.25. The van der Waals surface area contributed by atoms with Crippen LogP contribution >= 0.6 is 0 Å². The van der Waals surface area contributed by atoms with Crippen LogP contribution in [0.25, 0.3) is 22.2 Å². The summed E-state index contributed by atoms with van der Waals surface area (Å²) in [7, 11) is 0. The number of allylic oxidation sites excluding steroid dienone is 2. The molecule has 0 bridgehead atoms. The highest BCUT2D eigenvalue weighted by molar-refractivity contribution is 5.87. The first-order chi connectivity index (χ1) is 14.0. The van der Waals surface area contributed by atoms with Gasteiger partial charge in [-0.05, 0) is 56.7 Å². The van der Waals surface area contributed by atoms with Crippen molar-refractivity contribution < 1.29 is 9.63 Å². The lowest BCUT2D eigenvalue weighted by molar-refractivity contribution is 0.0785. The summed E-state index contributed by atoms with van der Waals surface area (Å²) in [6.07, 6.45) is 15.6. The van der Waals surface area contributed by atoms with E-state index < -0.39 is 11.6 Å². The van der Waals surface area contributed by atoms with Gasteiger partial charge in [0.1, 0.15) is 11.6 Å². The zero-order chi connectivity index (χ0) is 20.2. The maximum Gasteiger partial charge on any atom is 0.176 e. The van der Waals surface area contributed by atoms with Gasteiger partial charge >= 0.3 is 0 Å². The molecule has 1 aliphatic heterocycles. The zero-order valence-electron chi connectivity index (χ0n) is 16.4. The van der Waals surface area contributed by atoms with Gasteiger partial charge in [0.15, 0.2) is 5.60 Å². The molecule has 1 saturated carbocycles. The lowest BCUT2D eigenvalue weighted by Gasteiger charge is -2.32. The summed E-state index contributed by atoms with van der Waals surface area (Å²) in [5.41, 5.74) is 3.16. The highest BCUT2D eigenvalue weighted by Crippen LogP contribution is 2.42. The molecule has 5 rings (SSSR count). The van der Waals surface area contributed by atoms with Gasteiger partial charge in [-0.2, -0.15) is 0 Å². The molecular formula is C23H22N4O2. The molecule has 2 atom stereocenters. The SMILES string of the molecule is C#CC(O)(c1cc(-c2c(C)noc2C)cc2nc(C3CC3)[nH]c12)C1C=CC=CN1. The Bertz CT molecular complexity index is 1190. The number of dihydropyridines is 1.